The molecule has 0 unspecified atom stereocenters. The van der Waals surface area contributed by atoms with Crippen molar-refractivity contribution in [2.75, 3.05) is 17.4 Å². The summed E-state index contributed by atoms with van der Waals surface area (Å²) in [5.74, 6) is 0.0396. The van der Waals surface area contributed by atoms with Crippen LogP contribution >= 0.6 is 11.6 Å². The number of nitrogens with one attached hydrogen (secondary N) is 1. The molecule has 0 heterocycles. The van der Waals surface area contributed by atoms with Crippen molar-refractivity contribution in [2.24, 2.45) is 5.92 Å². The highest BCUT2D eigenvalue weighted by Gasteiger charge is 2.28. The molecule has 2 aromatic rings. The Morgan fingerprint density at radius 1 is 1.07 bits per heavy atom. The normalized spacial score (nSPS) is 12.4. The number of amides is 1. The fourth-order valence-corrected chi connectivity index (χ4v) is 4.81. The van der Waals surface area contributed by atoms with E-state index in [1.165, 1.54) is 12.1 Å². The molecule has 0 aliphatic carbocycles. The van der Waals surface area contributed by atoms with Gasteiger partial charge < -0.3 is 5.32 Å². The molecule has 7 heteroatoms. The summed E-state index contributed by atoms with van der Waals surface area (Å²) in [4.78, 5) is 12.8. The molecule has 0 radical (unpaired) electrons. The van der Waals surface area contributed by atoms with Gasteiger partial charge in [0.25, 0.3) is 10.0 Å². The summed E-state index contributed by atoms with van der Waals surface area (Å²) in [6.07, 6.45) is 4.24. The van der Waals surface area contributed by atoms with Gasteiger partial charge in [-0.15, -0.1) is 0 Å². The van der Waals surface area contributed by atoms with Crippen LogP contribution in [-0.2, 0) is 14.8 Å². The molecule has 2 aromatic carbocycles. The molecule has 0 saturated heterocycles. The van der Waals surface area contributed by atoms with Gasteiger partial charge in [-0.25, -0.2) is 8.42 Å². The molecule has 1 amide bonds. The van der Waals surface area contributed by atoms with Crippen LogP contribution in [0.2, 0.25) is 5.02 Å². The number of hydrogen-bond acceptors (Lipinski definition) is 3. The lowest BCUT2D eigenvalue weighted by molar-refractivity contribution is -0.119. The zero-order valence-corrected chi connectivity index (χ0v) is 18.5. The summed E-state index contributed by atoms with van der Waals surface area (Å²) in [6, 6.07) is 14.7. The molecular weight excluding hydrogens is 408 g/mol. The average molecular weight is 437 g/mol. The summed E-state index contributed by atoms with van der Waals surface area (Å²) >= 11 is 6.27. The average Bonchev–Trinajstić information content (AvgIpc) is 2.73. The fourth-order valence-electron chi connectivity index (χ4n) is 3.06. The minimum absolute atomic E-state index is 0.113. The van der Waals surface area contributed by atoms with Crippen LogP contribution in [0, 0.1) is 5.92 Å². The summed E-state index contributed by atoms with van der Waals surface area (Å²) in [5.41, 5.74) is 0.284. The number of unbranched alkanes of at least 4 members (excludes halogenated alkanes) is 1. The highest BCUT2D eigenvalue weighted by molar-refractivity contribution is 7.92. The van der Waals surface area contributed by atoms with Gasteiger partial charge in [0, 0.05) is 6.54 Å². The van der Waals surface area contributed by atoms with Crippen LogP contribution in [-0.4, -0.2) is 27.4 Å². The van der Waals surface area contributed by atoms with E-state index in [4.69, 9.17) is 11.6 Å². The maximum atomic E-state index is 13.2. The first kappa shape index (κ1) is 23.2. The van der Waals surface area contributed by atoms with E-state index >= 15 is 0 Å². The van der Waals surface area contributed by atoms with E-state index in [0.29, 0.717) is 12.5 Å². The van der Waals surface area contributed by atoms with E-state index < -0.39 is 10.0 Å². The Kier molecular flexibility index (Phi) is 8.99. The standard InChI is InChI=1S/C22H29ClN2O3S/c1-3-5-11-18(4-2)16-24-22(26)17-25(21-15-10-9-14-20(21)23)29(27,28)19-12-7-6-8-13-19/h6-10,12-15,18H,3-5,11,16-17H2,1-2H3,(H,24,26)/t18-/m1/s1. The van der Waals surface area contributed by atoms with Crippen molar-refractivity contribution in [3.05, 3.63) is 59.6 Å². The third kappa shape index (κ3) is 6.47. The van der Waals surface area contributed by atoms with Gasteiger partial charge in [-0.1, -0.05) is 75.0 Å². The summed E-state index contributed by atoms with van der Waals surface area (Å²) in [7, 11) is -3.94. The van der Waals surface area contributed by atoms with Gasteiger partial charge in [0.1, 0.15) is 6.54 Å². The quantitative estimate of drug-likeness (QED) is 0.546. The number of rotatable bonds is 11. The van der Waals surface area contributed by atoms with Crippen LogP contribution in [0.1, 0.15) is 39.5 Å². The molecule has 1 atom stereocenters. The lowest BCUT2D eigenvalue weighted by atomic mass is 9.99. The predicted molar refractivity (Wildman–Crippen MR) is 119 cm³/mol. The van der Waals surface area contributed by atoms with Crippen LogP contribution in [0.3, 0.4) is 0 Å². The fraction of sp³-hybridized carbons (Fsp3) is 0.409. The van der Waals surface area contributed by atoms with E-state index in [-0.39, 0.29) is 28.1 Å². The third-order valence-corrected chi connectivity index (χ3v) is 6.96. The van der Waals surface area contributed by atoms with Gasteiger partial charge in [0.2, 0.25) is 5.91 Å². The molecule has 5 nitrogen and oxygen atoms in total. The number of hydrogen-bond donors (Lipinski definition) is 1. The Morgan fingerprint density at radius 2 is 1.72 bits per heavy atom. The predicted octanol–water partition coefficient (Wildman–Crippen LogP) is 4.87. The Balaban J connectivity index is 2.23. The lowest BCUT2D eigenvalue weighted by Gasteiger charge is -2.25. The molecule has 0 aromatic heterocycles. The molecule has 29 heavy (non-hydrogen) atoms. The van der Waals surface area contributed by atoms with Crippen LogP contribution in [0.25, 0.3) is 0 Å². The Hall–Kier alpha value is -2.05. The van der Waals surface area contributed by atoms with E-state index in [0.717, 1.165) is 30.0 Å². The largest absolute Gasteiger partial charge is 0.354 e. The van der Waals surface area contributed by atoms with Crippen LogP contribution in [0.4, 0.5) is 5.69 Å². The molecular formula is C22H29ClN2O3S. The van der Waals surface area contributed by atoms with Crippen LogP contribution in [0.15, 0.2) is 59.5 Å². The molecule has 0 aliphatic rings. The van der Waals surface area contributed by atoms with Crippen LogP contribution < -0.4 is 9.62 Å². The van der Waals surface area contributed by atoms with Crippen molar-refractivity contribution in [2.45, 2.75) is 44.4 Å². The smallest absolute Gasteiger partial charge is 0.264 e. The molecule has 2 rings (SSSR count). The minimum Gasteiger partial charge on any atom is -0.354 e. The number of carbonyl (C=O) groups excluding carboxylic acids is 1. The van der Waals surface area contributed by atoms with E-state index in [9.17, 15) is 13.2 Å². The van der Waals surface area contributed by atoms with Crippen molar-refractivity contribution >= 4 is 33.2 Å². The molecule has 0 bridgehead atoms. The number of nitrogens with zero attached hydrogens (tertiary/aromatic N) is 1. The first-order valence-corrected chi connectivity index (χ1v) is 11.8. The lowest BCUT2D eigenvalue weighted by Crippen LogP contribution is -2.42. The number of benzene rings is 2. The van der Waals surface area contributed by atoms with Gasteiger partial charge in [-0.3, -0.25) is 9.10 Å². The van der Waals surface area contributed by atoms with E-state index in [1.807, 2.05) is 0 Å². The van der Waals surface area contributed by atoms with Crippen molar-refractivity contribution in [1.82, 2.24) is 5.32 Å². The molecule has 0 saturated carbocycles. The molecule has 1 N–H and O–H groups in total. The summed E-state index contributed by atoms with van der Waals surface area (Å²) in [6.45, 7) is 4.45. The first-order valence-electron chi connectivity index (χ1n) is 9.99. The summed E-state index contributed by atoms with van der Waals surface area (Å²) in [5, 5.41) is 3.17. The van der Waals surface area contributed by atoms with Crippen LogP contribution in [0.5, 0.6) is 0 Å². The second-order valence-electron chi connectivity index (χ2n) is 7.00. The molecule has 0 spiro atoms. The van der Waals surface area contributed by atoms with Crippen molar-refractivity contribution in [3.63, 3.8) is 0 Å². The number of halogens is 1. The van der Waals surface area contributed by atoms with Gasteiger partial charge in [-0.05, 0) is 36.6 Å². The van der Waals surface area contributed by atoms with Gasteiger partial charge in [0.05, 0.1) is 15.6 Å². The van der Waals surface area contributed by atoms with Gasteiger partial charge in [-0.2, -0.15) is 0 Å². The Labute approximate surface area is 179 Å². The Bertz CT molecular complexity index is 888. The third-order valence-electron chi connectivity index (χ3n) is 4.87. The maximum absolute atomic E-state index is 13.2. The second-order valence-corrected chi connectivity index (χ2v) is 9.27. The van der Waals surface area contributed by atoms with Gasteiger partial charge >= 0.3 is 0 Å². The molecule has 0 fully saturated rings. The topological polar surface area (TPSA) is 66.5 Å². The monoisotopic (exact) mass is 436 g/mol. The maximum Gasteiger partial charge on any atom is 0.264 e. The Morgan fingerprint density at radius 3 is 2.34 bits per heavy atom. The minimum atomic E-state index is -3.94. The first-order chi connectivity index (χ1) is 13.9. The van der Waals surface area contributed by atoms with E-state index in [1.54, 1.807) is 42.5 Å². The van der Waals surface area contributed by atoms with Gasteiger partial charge in [0.15, 0.2) is 0 Å². The SMILES string of the molecule is CCCC[C@@H](CC)CNC(=O)CN(c1ccccc1Cl)S(=O)(=O)c1ccccc1. The number of sulfonamides is 1. The molecule has 0 aliphatic heterocycles. The van der Waals surface area contributed by atoms with Crippen molar-refractivity contribution in [1.29, 1.82) is 0 Å². The number of carbonyl (C=O) groups is 1. The number of anilines is 1. The second kappa shape index (κ2) is 11.2. The summed E-state index contributed by atoms with van der Waals surface area (Å²) < 4.78 is 27.6. The zero-order chi connectivity index (χ0) is 21.3. The number of para-hydroxylation sites is 1. The van der Waals surface area contributed by atoms with E-state index in [2.05, 4.69) is 19.2 Å². The van der Waals surface area contributed by atoms with Crippen molar-refractivity contribution in [3.8, 4) is 0 Å². The zero-order valence-electron chi connectivity index (χ0n) is 17.0. The van der Waals surface area contributed by atoms with Crippen molar-refractivity contribution < 1.29 is 13.2 Å². The molecule has 158 valence electrons. The highest BCUT2D eigenvalue weighted by Crippen LogP contribution is 2.30. The highest BCUT2D eigenvalue weighted by atomic mass is 35.5.